The standard InChI is InChI=1S/C17H16N4O4S2/c22-17(14-3-4-15(27-14)21(23)24)20-7-5-19(6-8-20)10-12-11-26-16(18-12)13-2-1-9-25-13/h1-4,9,11H,5-8,10H2. The van der Waals surface area contributed by atoms with Crippen LogP contribution < -0.4 is 0 Å². The van der Waals surface area contributed by atoms with Crippen molar-refractivity contribution in [2.24, 2.45) is 0 Å². The van der Waals surface area contributed by atoms with Gasteiger partial charge in [-0.15, -0.1) is 11.3 Å². The van der Waals surface area contributed by atoms with Crippen molar-refractivity contribution in [1.82, 2.24) is 14.8 Å². The molecule has 27 heavy (non-hydrogen) atoms. The fourth-order valence-electron chi connectivity index (χ4n) is 2.93. The predicted octanol–water partition coefficient (Wildman–Crippen LogP) is 3.33. The quantitative estimate of drug-likeness (QED) is 0.478. The predicted molar refractivity (Wildman–Crippen MR) is 102 cm³/mol. The third-order valence-electron chi connectivity index (χ3n) is 4.31. The summed E-state index contributed by atoms with van der Waals surface area (Å²) in [6.07, 6.45) is 1.63. The van der Waals surface area contributed by atoms with Crippen LogP contribution in [-0.2, 0) is 6.54 Å². The van der Waals surface area contributed by atoms with E-state index in [0.717, 1.165) is 47.4 Å². The van der Waals surface area contributed by atoms with E-state index in [1.807, 2.05) is 17.5 Å². The first-order chi connectivity index (χ1) is 13.1. The maximum absolute atomic E-state index is 12.5. The lowest BCUT2D eigenvalue weighted by molar-refractivity contribution is -0.380. The molecule has 3 aromatic rings. The highest BCUT2D eigenvalue weighted by Crippen LogP contribution is 2.26. The molecule has 1 amide bonds. The third-order valence-corrected chi connectivity index (χ3v) is 6.24. The molecule has 140 valence electrons. The molecular weight excluding hydrogens is 388 g/mol. The van der Waals surface area contributed by atoms with Gasteiger partial charge in [0.15, 0.2) is 10.8 Å². The van der Waals surface area contributed by atoms with Gasteiger partial charge in [-0.3, -0.25) is 19.8 Å². The number of rotatable bonds is 5. The summed E-state index contributed by atoms with van der Waals surface area (Å²) in [6, 6.07) is 6.65. The van der Waals surface area contributed by atoms with Gasteiger partial charge in [-0.2, -0.15) is 0 Å². The molecule has 0 aromatic carbocycles. The molecule has 1 fully saturated rings. The van der Waals surface area contributed by atoms with Gasteiger partial charge >= 0.3 is 5.00 Å². The highest BCUT2D eigenvalue weighted by Gasteiger charge is 2.25. The molecule has 0 saturated carbocycles. The van der Waals surface area contributed by atoms with Crippen LogP contribution in [0.4, 0.5) is 5.00 Å². The smallest absolute Gasteiger partial charge is 0.324 e. The van der Waals surface area contributed by atoms with E-state index in [4.69, 9.17) is 4.42 Å². The number of amides is 1. The number of aromatic nitrogens is 1. The Morgan fingerprint density at radius 3 is 2.74 bits per heavy atom. The summed E-state index contributed by atoms with van der Waals surface area (Å²) < 4.78 is 5.37. The van der Waals surface area contributed by atoms with E-state index in [1.54, 1.807) is 22.5 Å². The maximum Gasteiger partial charge on any atom is 0.324 e. The fourth-order valence-corrected chi connectivity index (χ4v) is 4.49. The monoisotopic (exact) mass is 404 g/mol. The number of thiazole rings is 1. The zero-order chi connectivity index (χ0) is 18.8. The number of nitrogens with zero attached hydrogens (tertiary/aromatic N) is 4. The second-order valence-corrected chi connectivity index (χ2v) is 8.00. The first-order valence-electron chi connectivity index (χ1n) is 8.34. The molecular formula is C17H16N4O4S2. The van der Waals surface area contributed by atoms with E-state index >= 15 is 0 Å². The summed E-state index contributed by atoms with van der Waals surface area (Å²) in [5, 5.41) is 13.7. The van der Waals surface area contributed by atoms with E-state index in [9.17, 15) is 14.9 Å². The molecule has 4 heterocycles. The van der Waals surface area contributed by atoms with Crippen LogP contribution in [0.1, 0.15) is 15.4 Å². The van der Waals surface area contributed by atoms with Crippen molar-refractivity contribution in [2.45, 2.75) is 6.54 Å². The Morgan fingerprint density at radius 2 is 2.07 bits per heavy atom. The molecule has 10 heteroatoms. The second-order valence-electron chi connectivity index (χ2n) is 6.08. The molecule has 0 aliphatic carbocycles. The Morgan fingerprint density at radius 1 is 1.26 bits per heavy atom. The van der Waals surface area contributed by atoms with Crippen molar-refractivity contribution >= 4 is 33.6 Å². The number of hydrogen-bond acceptors (Lipinski definition) is 8. The van der Waals surface area contributed by atoms with Gasteiger partial charge < -0.3 is 9.32 Å². The van der Waals surface area contributed by atoms with Gasteiger partial charge in [0, 0.05) is 44.2 Å². The Hall–Kier alpha value is -2.56. The second kappa shape index (κ2) is 7.59. The van der Waals surface area contributed by atoms with Gasteiger partial charge in [0.25, 0.3) is 5.91 Å². The molecule has 0 spiro atoms. The molecule has 0 unspecified atom stereocenters. The summed E-state index contributed by atoms with van der Waals surface area (Å²) in [6.45, 7) is 3.41. The van der Waals surface area contributed by atoms with Crippen molar-refractivity contribution in [3.63, 3.8) is 0 Å². The highest BCUT2D eigenvalue weighted by atomic mass is 32.1. The number of carbonyl (C=O) groups excluding carboxylic acids is 1. The van der Waals surface area contributed by atoms with Gasteiger partial charge in [-0.1, -0.05) is 11.3 Å². The number of piperazine rings is 1. The Bertz CT molecular complexity index is 942. The topological polar surface area (TPSA) is 92.7 Å². The minimum Gasteiger partial charge on any atom is -0.462 e. The van der Waals surface area contributed by atoms with Crippen molar-refractivity contribution in [2.75, 3.05) is 26.2 Å². The maximum atomic E-state index is 12.5. The number of carbonyl (C=O) groups is 1. The van der Waals surface area contributed by atoms with Gasteiger partial charge in [-0.25, -0.2) is 4.98 Å². The molecule has 0 radical (unpaired) electrons. The molecule has 0 atom stereocenters. The van der Waals surface area contributed by atoms with Crippen LogP contribution in [0.2, 0.25) is 0 Å². The lowest BCUT2D eigenvalue weighted by atomic mass is 10.2. The summed E-state index contributed by atoms with van der Waals surface area (Å²) >= 11 is 2.48. The summed E-state index contributed by atoms with van der Waals surface area (Å²) in [5.41, 5.74) is 0.986. The molecule has 1 aliphatic rings. The fraction of sp³-hybridized carbons (Fsp3) is 0.294. The number of hydrogen-bond donors (Lipinski definition) is 0. The normalized spacial score (nSPS) is 15.2. The number of nitro groups is 1. The molecule has 0 N–H and O–H groups in total. The zero-order valence-electron chi connectivity index (χ0n) is 14.2. The van der Waals surface area contributed by atoms with Crippen LogP contribution in [0.25, 0.3) is 10.8 Å². The van der Waals surface area contributed by atoms with Crippen LogP contribution in [0, 0.1) is 10.1 Å². The molecule has 0 bridgehead atoms. The zero-order valence-corrected chi connectivity index (χ0v) is 15.9. The summed E-state index contributed by atoms with van der Waals surface area (Å²) in [7, 11) is 0. The Balaban J connectivity index is 1.32. The van der Waals surface area contributed by atoms with E-state index < -0.39 is 4.92 Å². The van der Waals surface area contributed by atoms with Crippen LogP contribution in [-0.4, -0.2) is 51.8 Å². The van der Waals surface area contributed by atoms with Gasteiger partial charge in [0.05, 0.1) is 21.8 Å². The van der Waals surface area contributed by atoms with E-state index in [0.29, 0.717) is 18.0 Å². The first-order valence-corrected chi connectivity index (χ1v) is 10.0. The van der Waals surface area contributed by atoms with Crippen molar-refractivity contribution in [3.05, 3.63) is 56.6 Å². The molecule has 8 nitrogen and oxygen atoms in total. The van der Waals surface area contributed by atoms with Crippen molar-refractivity contribution in [1.29, 1.82) is 0 Å². The Kier molecular flexibility index (Phi) is 5.01. The summed E-state index contributed by atoms with van der Waals surface area (Å²) in [4.78, 5) is 31.8. The Labute approximate surface area is 162 Å². The number of thiophene rings is 1. The van der Waals surface area contributed by atoms with Crippen LogP contribution in [0.15, 0.2) is 40.3 Å². The van der Waals surface area contributed by atoms with Crippen LogP contribution in [0.3, 0.4) is 0 Å². The lowest BCUT2D eigenvalue weighted by Gasteiger charge is -2.34. The van der Waals surface area contributed by atoms with Gasteiger partial charge in [0.1, 0.15) is 0 Å². The van der Waals surface area contributed by atoms with Gasteiger partial charge in [-0.05, 0) is 18.2 Å². The van der Waals surface area contributed by atoms with E-state index in [-0.39, 0.29) is 10.9 Å². The van der Waals surface area contributed by atoms with E-state index in [1.165, 1.54) is 12.1 Å². The average molecular weight is 404 g/mol. The van der Waals surface area contributed by atoms with Crippen molar-refractivity contribution < 1.29 is 14.1 Å². The SMILES string of the molecule is O=C(c1ccc([N+](=O)[O-])s1)N1CCN(Cc2csc(-c3ccco3)n2)CC1. The van der Waals surface area contributed by atoms with Gasteiger partial charge in [0.2, 0.25) is 0 Å². The third kappa shape index (κ3) is 3.92. The molecule has 3 aromatic heterocycles. The van der Waals surface area contributed by atoms with Crippen LogP contribution in [0.5, 0.6) is 0 Å². The highest BCUT2D eigenvalue weighted by molar-refractivity contribution is 7.17. The molecule has 1 saturated heterocycles. The van der Waals surface area contributed by atoms with Crippen molar-refractivity contribution in [3.8, 4) is 10.8 Å². The molecule has 4 rings (SSSR count). The average Bonchev–Trinajstić information content (AvgIpc) is 3.42. The minimum absolute atomic E-state index is 0.00659. The van der Waals surface area contributed by atoms with E-state index in [2.05, 4.69) is 9.88 Å². The summed E-state index contributed by atoms with van der Waals surface area (Å²) in [5.74, 6) is 0.633. The minimum atomic E-state index is -0.468. The lowest BCUT2D eigenvalue weighted by Crippen LogP contribution is -2.48. The van der Waals surface area contributed by atoms with Crippen LogP contribution >= 0.6 is 22.7 Å². The first kappa shape index (κ1) is 17.8. The largest absolute Gasteiger partial charge is 0.462 e. The number of furan rings is 1. The molecule has 1 aliphatic heterocycles.